The van der Waals surface area contributed by atoms with E-state index in [1.807, 2.05) is 37.4 Å². The first-order valence-electron chi connectivity index (χ1n) is 7.85. The van der Waals surface area contributed by atoms with Gasteiger partial charge in [-0.15, -0.1) is 11.8 Å². The van der Waals surface area contributed by atoms with Crippen LogP contribution in [0.1, 0.15) is 11.1 Å². The molecular formula is C19H17BrN2O2S2. The summed E-state index contributed by atoms with van der Waals surface area (Å²) in [6.45, 7) is 1.86. The smallest absolute Gasteiger partial charge is 0.261 e. The fraction of sp³-hybridized carbons (Fsp3) is 0.105. The van der Waals surface area contributed by atoms with Crippen LogP contribution in [0.5, 0.6) is 0 Å². The van der Waals surface area contributed by atoms with Crippen molar-refractivity contribution < 1.29 is 8.42 Å². The van der Waals surface area contributed by atoms with E-state index in [-0.39, 0.29) is 4.90 Å². The molecule has 0 radical (unpaired) electrons. The van der Waals surface area contributed by atoms with E-state index in [0.717, 1.165) is 26.2 Å². The molecule has 4 nitrogen and oxygen atoms in total. The lowest BCUT2D eigenvalue weighted by molar-refractivity contribution is 0.601. The van der Waals surface area contributed by atoms with Crippen molar-refractivity contribution in [1.29, 1.82) is 0 Å². The van der Waals surface area contributed by atoms with Crippen molar-refractivity contribution in [1.82, 2.24) is 4.98 Å². The van der Waals surface area contributed by atoms with Gasteiger partial charge in [-0.05, 0) is 66.6 Å². The number of anilines is 1. The van der Waals surface area contributed by atoms with E-state index >= 15 is 0 Å². The number of benzene rings is 2. The van der Waals surface area contributed by atoms with Crippen LogP contribution in [0.25, 0.3) is 0 Å². The molecule has 7 heteroatoms. The molecule has 0 amide bonds. The summed E-state index contributed by atoms with van der Waals surface area (Å²) < 4.78 is 28.5. The first-order valence-corrected chi connectivity index (χ1v) is 11.1. The van der Waals surface area contributed by atoms with E-state index in [4.69, 9.17) is 0 Å². The Morgan fingerprint density at radius 3 is 2.54 bits per heavy atom. The molecule has 0 saturated carbocycles. The third-order valence-electron chi connectivity index (χ3n) is 3.67. The standard InChI is InChI=1S/C19H17BrN2O2S2/c1-14-11-18(8-9-19(14)20)26(23,24)22-16-4-6-17(7-5-16)25-13-15-3-2-10-21-12-15/h2-12,22H,13H2,1H3. The summed E-state index contributed by atoms with van der Waals surface area (Å²) >= 11 is 5.06. The van der Waals surface area contributed by atoms with Crippen molar-refractivity contribution in [3.05, 3.63) is 82.6 Å². The highest BCUT2D eigenvalue weighted by Crippen LogP contribution is 2.26. The van der Waals surface area contributed by atoms with Gasteiger partial charge in [-0.2, -0.15) is 0 Å². The van der Waals surface area contributed by atoms with E-state index in [0.29, 0.717) is 5.69 Å². The highest BCUT2D eigenvalue weighted by atomic mass is 79.9. The Morgan fingerprint density at radius 2 is 1.88 bits per heavy atom. The number of nitrogens with one attached hydrogen (secondary N) is 1. The van der Waals surface area contributed by atoms with Crippen molar-refractivity contribution in [2.75, 3.05) is 4.72 Å². The zero-order valence-corrected chi connectivity index (χ0v) is 17.2. The Bertz CT molecular complexity index is 992. The van der Waals surface area contributed by atoms with Gasteiger partial charge in [0, 0.05) is 33.2 Å². The molecule has 1 N–H and O–H groups in total. The van der Waals surface area contributed by atoms with Crippen LogP contribution in [-0.4, -0.2) is 13.4 Å². The Kier molecular flexibility index (Phi) is 6.01. The number of hydrogen-bond donors (Lipinski definition) is 1. The van der Waals surface area contributed by atoms with Crippen LogP contribution in [0.15, 0.2) is 81.3 Å². The number of rotatable bonds is 6. The lowest BCUT2D eigenvalue weighted by atomic mass is 10.2. The lowest BCUT2D eigenvalue weighted by Crippen LogP contribution is -2.13. The Hall–Kier alpha value is -1.83. The average molecular weight is 449 g/mol. The Balaban J connectivity index is 1.67. The first kappa shape index (κ1) is 18.9. The van der Waals surface area contributed by atoms with E-state index in [9.17, 15) is 8.42 Å². The van der Waals surface area contributed by atoms with E-state index in [1.165, 1.54) is 0 Å². The molecule has 26 heavy (non-hydrogen) atoms. The molecule has 3 aromatic rings. The number of aromatic nitrogens is 1. The van der Waals surface area contributed by atoms with Gasteiger partial charge in [-0.3, -0.25) is 9.71 Å². The predicted octanol–water partition coefficient (Wildman–Crippen LogP) is 5.25. The quantitative estimate of drug-likeness (QED) is 0.523. The predicted molar refractivity (Wildman–Crippen MR) is 110 cm³/mol. The summed E-state index contributed by atoms with van der Waals surface area (Å²) in [5.74, 6) is 0.817. The van der Waals surface area contributed by atoms with Crippen LogP contribution in [0.3, 0.4) is 0 Å². The lowest BCUT2D eigenvalue weighted by Gasteiger charge is -2.10. The van der Waals surface area contributed by atoms with Gasteiger partial charge in [-0.25, -0.2) is 8.42 Å². The highest BCUT2D eigenvalue weighted by molar-refractivity contribution is 9.10. The number of thioether (sulfide) groups is 1. The van der Waals surface area contributed by atoms with Crippen molar-refractivity contribution in [2.45, 2.75) is 22.5 Å². The van der Waals surface area contributed by atoms with Crippen LogP contribution in [0.2, 0.25) is 0 Å². The van der Waals surface area contributed by atoms with Gasteiger partial charge in [0.25, 0.3) is 10.0 Å². The van der Waals surface area contributed by atoms with Gasteiger partial charge in [0.2, 0.25) is 0 Å². The van der Waals surface area contributed by atoms with Crippen molar-refractivity contribution in [3.63, 3.8) is 0 Å². The fourth-order valence-corrected chi connectivity index (χ4v) is 4.49. The second-order valence-electron chi connectivity index (χ2n) is 5.69. The van der Waals surface area contributed by atoms with Gasteiger partial charge in [0.1, 0.15) is 0 Å². The minimum Gasteiger partial charge on any atom is -0.280 e. The molecule has 1 aromatic heterocycles. The molecule has 0 bridgehead atoms. The summed E-state index contributed by atoms with van der Waals surface area (Å²) in [6.07, 6.45) is 3.59. The normalized spacial score (nSPS) is 11.3. The van der Waals surface area contributed by atoms with Crippen molar-refractivity contribution >= 4 is 43.4 Å². The SMILES string of the molecule is Cc1cc(S(=O)(=O)Nc2ccc(SCc3cccnc3)cc2)ccc1Br. The summed E-state index contributed by atoms with van der Waals surface area (Å²) in [6, 6.07) is 16.3. The van der Waals surface area contributed by atoms with Crippen molar-refractivity contribution in [3.8, 4) is 0 Å². The summed E-state index contributed by atoms with van der Waals surface area (Å²) in [7, 11) is -3.61. The van der Waals surface area contributed by atoms with Crippen LogP contribution >= 0.6 is 27.7 Å². The minimum atomic E-state index is -3.61. The third kappa shape index (κ3) is 4.87. The van der Waals surface area contributed by atoms with Crippen LogP contribution in [0.4, 0.5) is 5.69 Å². The summed E-state index contributed by atoms with van der Waals surface area (Å²) in [5.41, 5.74) is 2.55. The van der Waals surface area contributed by atoms with Gasteiger partial charge in [-0.1, -0.05) is 22.0 Å². The molecular weight excluding hydrogens is 432 g/mol. The van der Waals surface area contributed by atoms with Crippen LogP contribution in [0, 0.1) is 6.92 Å². The van der Waals surface area contributed by atoms with Crippen molar-refractivity contribution in [2.24, 2.45) is 0 Å². The molecule has 0 atom stereocenters. The summed E-state index contributed by atoms with van der Waals surface area (Å²) in [4.78, 5) is 5.41. The number of nitrogens with zero attached hydrogens (tertiary/aromatic N) is 1. The molecule has 1 heterocycles. The number of halogens is 1. The van der Waals surface area contributed by atoms with Gasteiger partial charge in [0.05, 0.1) is 4.90 Å². The number of sulfonamides is 1. The van der Waals surface area contributed by atoms with Crippen LogP contribution < -0.4 is 4.72 Å². The largest absolute Gasteiger partial charge is 0.280 e. The molecule has 0 aliphatic heterocycles. The Labute approximate surface area is 166 Å². The molecule has 0 saturated heterocycles. The molecule has 0 aliphatic carbocycles. The topological polar surface area (TPSA) is 59.1 Å². The molecule has 0 spiro atoms. The fourth-order valence-electron chi connectivity index (χ4n) is 2.27. The second kappa shape index (κ2) is 8.24. The maximum atomic E-state index is 12.5. The Morgan fingerprint density at radius 1 is 1.12 bits per heavy atom. The minimum absolute atomic E-state index is 0.244. The van der Waals surface area contributed by atoms with Gasteiger partial charge in [0.15, 0.2) is 0 Å². The van der Waals surface area contributed by atoms with Gasteiger partial charge < -0.3 is 0 Å². The highest BCUT2D eigenvalue weighted by Gasteiger charge is 2.15. The maximum absolute atomic E-state index is 12.5. The van der Waals surface area contributed by atoms with E-state index < -0.39 is 10.0 Å². The number of aryl methyl sites for hydroxylation is 1. The monoisotopic (exact) mass is 448 g/mol. The maximum Gasteiger partial charge on any atom is 0.261 e. The van der Waals surface area contributed by atoms with E-state index in [2.05, 4.69) is 25.6 Å². The number of pyridine rings is 1. The molecule has 0 aliphatic rings. The zero-order valence-electron chi connectivity index (χ0n) is 14.0. The zero-order chi connectivity index (χ0) is 18.6. The second-order valence-corrected chi connectivity index (χ2v) is 9.28. The van der Waals surface area contributed by atoms with Gasteiger partial charge >= 0.3 is 0 Å². The molecule has 3 rings (SSSR count). The molecule has 0 fully saturated rings. The number of hydrogen-bond acceptors (Lipinski definition) is 4. The molecule has 2 aromatic carbocycles. The molecule has 134 valence electrons. The average Bonchev–Trinajstić information content (AvgIpc) is 2.64. The van der Waals surface area contributed by atoms with Crippen LogP contribution in [-0.2, 0) is 15.8 Å². The third-order valence-corrected chi connectivity index (χ3v) is 7.03. The van der Waals surface area contributed by atoms with E-state index in [1.54, 1.807) is 48.3 Å². The molecule has 0 unspecified atom stereocenters. The summed E-state index contributed by atoms with van der Waals surface area (Å²) in [5, 5.41) is 0. The first-order chi connectivity index (χ1) is 12.4.